The van der Waals surface area contributed by atoms with Gasteiger partial charge in [0.05, 0.1) is 6.07 Å². The van der Waals surface area contributed by atoms with Crippen molar-refractivity contribution in [3.05, 3.63) is 58.5 Å². The molecule has 0 unspecified atom stereocenters. The third-order valence-corrected chi connectivity index (χ3v) is 2.98. The first-order chi connectivity index (χ1) is 9.20. The van der Waals surface area contributed by atoms with E-state index < -0.39 is 0 Å². The van der Waals surface area contributed by atoms with Gasteiger partial charge in [0.2, 0.25) is 0 Å². The summed E-state index contributed by atoms with van der Waals surface area (Å²) in [5.74, 6) is -0.0749. The number of carbonyl (C=O) groups excluding carboxylic acids is 1. The average Bonchev–Trinajstić information content (AvgIpc) is 2.85. The van der Waals surface area contributed by atoms with Gasteiger partial charge < -0.3 is 9.32 Å². The molecule has 19 heavy (non-hydrogen) atoms. The van der Waals surface area contributed by atoms with Crippen molar-refractivity contribution in [2.75, 3.05) is 6.54 Å². The van der Waals surface area contributed by atoms with Crippen LogP contribution in [0, 0.1) is 11.3 Å². The molecule has 4 nitrogen and oxygen atoms in total. The van der Waals surface area contributed by atoms with E-state index in [0.29, 0.717) is 11.2 Å². The van der Waals surface area contributed by atoms with Gasteiger partial charge in [-0.25, -0.2) is 0 Å². The van der Waals surface area contributed by atoms with Crippen molar-refractivity contribution in [2.45, 2.75) is 6.54 Å². The summed E-state index contributed by atoms with van der Waals surface area (Å²) in [6.45, 7) is 0.400. The van der Waals surface area contributed by atoms with Crippen LogP contribution in [0.2, 0.25) is 0 Å². The minimum Gasteiger partial charge on any atom is -0.444 e. The second kappa shape index (κ2) is 6.21. The zero-order chi connectivity index (χ0) is 13.7. The van der Waals surface area contributed by atoms with E-state index in [1.54, 1.807) is 12.1 Å². The van der Waals surface area contributed by atoms with Crippen LogP contribution in [0.5, 0.6) is 0 Å². The van der Waals surface area contributed by atoms with Crippen molar-refractivity contribution in [2.24, 2.45) is 0 Å². The van der Waals surface area contributed by atoms with Gasteiger partial charge in [-0.05, 0) is 33.6 Å². The molecule has 0 aliphatic heterocycles. The summed E-state index contributed by atoms with van der Waals surface area (Å²) in [4.78, 5) is 13.7. The Hall–Kier alpha value is -2.06. The summed E-state index contributed by atoms with van der Waals surface area (Å²) in [6, 6.07) is 14.8. The van der Waals surface area contributed by atoms with Gasteiger partial charge in [0.25, 0.3) is 5.91 Å². The van der Waals surface area contributed by atoms with Crippen LogP contribution in [0.25, 0.3) is 0 Å². The molecule has 0 aliphatic rings. The number of carbonyl (C=O) groups is 1. The Balaban J connectivity index is 2.16. The van der Waals surface area contributed by atoms with Gasteiger partial charge in [-0.3, -0.25) is 4.79 Å². The fourth-order valence-electron chi connectivity index (χ4n) is 1.67. The molecule has 2 rings (SSSR count). The molecule has 1 heterocycles. The fourth-order valence-corrected chi connectivity index (χ4v) is 1.98. The highest BCUT2D eigenvalue weighted by Gasteiger charge is 2.19. The summed E-state index contributed by atoms with van der Waals surface area (Å²) < 4.78 is 5.72. The Kier molecular flexibility index (Phi) is 4.37. The van der Waals surface area contributed by atoms with Gasteiger partial charge in [0.15, 0.2) is 10.4 Å². The molecule has 0 radical (unpaired) electrons. The topological polar surface area (TPSA) is 57.2 Å². The normalized spacial score (nSPS) is 9.89. The minimum atomic E-state index is -0.295. The van der Waals surface area contributed by atoms with Crippen LogP contribution < -0.4 is 0 Å². The maximum atomic E-state index is 12.2. The van der Waals surface area contributed by atoms with Crippen LogP contribution in [-0.4, -0.2) is 17.4 Å². The SMILES string of the molecule is N#CCN(Cc1ccccc1)C(=O)c1ccc(Br)o1. The van der Waals surface area contributed by atoms with Crippen molar-refractivity contribution < 1.29 is 9.21 Å². The Morgan fingerprint density at radius 2 is 2.00 bits per heavy atom. The van der Waals surface area contributed by atoms with Crippen molar-refractivity contribution in [1.29, 1.82) is 5.26 Å². The molecule has 0 atom stereocenters. The highest BCUT2D eigenvalue weighted by molar-refractivity contribution is 9.10. The van der Waals surface area contributed by atoms with E-state index in [0.717, 1.165) is 5.56 Å². The molecule has 1 aromatic carbocycles. The number of benzene rings is 1. The van der Waals surface area contributed by atoms with E-state index in [2.05, 4.69) is 15.9 Å². The van der Waals surface area contributed by atoms with Crippen LogP contribution in [0.1, 0.15) is 16.1 Å². The van der Waals surface area contributed by atoms with E-state index in [-0.39, 0.29) is 18.2 Å². The third-order valence-electron chi connectivity index (χ3n) is 2.55. The Bertz CT molecular complexity index is 601. The first-order valence-electron chi connectivity index (χ1n) is 5.66. The molecule has 0 aliphatic carbocycles. The molecule has 0 saturated heterocycles. The van der Waals surface area contributed by atoms with Gasteiger partial charge in [0.1, 0.15) is 6.54 Å². The van der Waals surface area contributed by atoms with Crippen molar-refractivity contribution >= 4 is 21.8 Å². The lowest BCUT2D eigenvalue weighted by molar-refractivity contribution is 0.0731. The zero-order valence-electron chi connectivity index (χ0n) is 10.0. The summed E-state index contributed by atoms with van der Waals surface area (Å²) in [6.07, 6.45) is 0. The van der Waals surface area contributed by atoms with Crippen molar-refractivity contribution in [1.82, 2.24) is 4.90 Å². The van der Waals surface area contributed by atoms with E-state index in [1.165, 1.54) is 4.90 Å². The molecule has 0 fully saturated rings. The molecule has 5 heteroatoms. The molecule has 2 aromatic rings. The van der Waals surface area contributed by atoms with Crippen LogP contribution in [-0.2, 0) is 6.54 Å². The first-order valence-corrected chi connectivity index (χ1v) is 6.45. The molecule has 0 N–H and O–H groups in total. The molecular formula is C14H11BrN2O2. The van der Waals surface area contributed by atoms with Crippen LogP contribution in [0.4, 0.5) is 0 Å². The zero-order valence-corrected chi connectivity index (χ0v) is 11.6. The van der Waals surface area contributed by atoms with Gasteiger partial charge >= 0.3 is 0 Å². The lowest BCUT2D eigenvalue weighted by atomic mass is 10.2. The number of furan rings is 1. The Morgan fingerprint density at radius 3 is 2.58 bits per heavy atom. The fraction of sp³-hybridized carbons (Fsp3) is 0.143. The smallest absolute Gasteiger partial charge is 0.290 e. The number of halogens is 1. The highest BCUT2D eigenvalue weighted by Crippen LogP contribution is 2.17. The number of hydrogen-bond donors (Lipinski definition) is 0. The largest absolute Gasteiger partial charge is 0.444 e. The summed E-state index contributed by atoms with van der Waals surface area (Å²) >= 11 is 3.15. The second-order valence-corrected chi connectivity index (χ2v) is 4.69. The monoisotopic (exact) mass is 318 g/mol. The average molecular weight is 319 g/mol. The van der Waals surface area contributed by atoms with Gasteiger partial charge in [-0.1, -0.05) is 30.3 Å². The van der Waals surface area contributed by atoms with Gasteiger partial charge in [-0.15, -0.1) is 0 Å². The Labute approximate surface area is 119 Å². The van der Waals surface area contributed by atoms with Crippen molar-refractivity contribution in [3.8, 4) is 6.07 Å². The van der Waals surface area contributed by atoms with E-state index in [4.69, 9.17) is 9.68 Å². The maximum Gasteiger partial charge on any atom is 0.290 e. The highest BCUT2D eigenvalue weighted by atomic mass is 79.9. The molecule has 0 bridgehead atoms. The molecule has 1 aromatic heterocycles. The van der Waals surface area contributed by atoms with E-state index >= 15 is 0 Å². The summed E-state index contributed by atoms with van der Waals surface area (Å²) in [5.41, 5.74) is 0.969. The van der Waals surface area contributed by atoms with Crippen molar-refractivity contribution in [3.63, 3.8) is 0 Å². The molecule has 0 spiro atoms. The summed E-state index contributed by atoms with van der Waals surface area (Å²) in [7, 11) is 0. The van der Waals surface area contributed by atoms with Crippen LogP contribution in [0.3, 0.4) is 0 Å². The quantitative estimate of drug-likeness (QED) is 0.813. The minimum absolute atomic E-state index is 0.0199. The molecular weight excluding hydrogens is 308 g/mol. The molecule has 96 valence electrons. The van der Waals surface area contributed by atoms with Crippen LogP contribution in [0.15, 0.2) is 51.6 Å². The number of amides is 1. The number of rotatable bonds is 4. The second-order valence-electron chi connectivity index (χ2n) is 3.91. The third kappa shape index (κ3) is 3.46. The maximum absolute atomic E-state index is 12.2. The van der Waals surface area contributed by atoms with E-state index in [9.17, 15) is 4.79 Å². The van der Waals surface area contributed by atoms with E-state index in [1.807, 2.05) is 36.4 Å². The molecule has 0 saturated carbocycles. The lowest BCUT2D eigenvalue weighted by Gasteiger charge is -2.18. The van der Waals surface area contributed by atoms with Crippen LogP contribution >= 0.6 is 15.9 Å². The number of nitrogens with zero attached hydrogens (tertiary/aromatic N) is 2. The number of hydrogen-bond acceptors (Lipinski definition) is 3. The van der Waals surface area contributed by atoms with Gasteiger partial charge in [0, 0.05) is 6.54 Å². The Morgan fingerprint density at radius 1 is 1.26 bits per heavy atom. The lowest BCUT2D eigenvalue weighted by Crippen LogP contribution is -2.30. The standard InChI is InChI=1S/C14H11BrN2O2/c15-13-7-6-12(19-13)14(18)17(9-8-16)10-11-4-2-1-3-5-11/h1-7H,9-10H2. The molecule has 1 amide bonds. The summed E-state index contributed by atoms with van der Waals surface area (Å²) in [5, 5.41) is 8.83. The predicted octanol–water partition coefficient (Wildman–Crippen LogP) is 3.21. The van der Waals surface area contributed by atoms with Gasteiger partial charge in [-0.2, -0.15) is 5.26 Å². The first kappa shape index (κ1) is 13.4. The predicted molar refractivity (Wildman–Crippen MR) is 73.2 cm³/mol. The number of nitriles is 1.